The van der Waals surface area contributed by atoms with E-state index < -0.39 is 11.7 Å². The number of piperidine rings is 1. The molecule has 1 unspecified atom stereocenters. The quantitative estimate of drug-likeness (QED) is 0.774. The summed E-state index contributed by atoms with van der Waals surface area (Å²) < 4.78 is 14.0. The predicted molar refractivity (Wildman–Crippen MR) is 87.8 cm³/mol. The number of carbonyl (C=O) groups excluding carboxylic acids is 2. The van der Waals surface area contributed by atoms with E-state index in [1.54, 1.807) is 0 Å². The molecular weight excluding hydrogens is 323 g/mol. The lowest BCUT2D eigenvalue weighted by Gasteiger charge is -2.24. The summed E-state index contributed by atoms with van der Waals surface area (Å²) >= 11 is 0. The molecule has 0 bridgehead atoms. The van der Waals surface area contributed by atoms with Gasteiger partial charge < -0.3 is 16.0 Å². The number of urea groups is 1. The molecule has 0 spiro atoms. The van der Waals surface area contributed by atoms with Gasteiger partial charge in [0.05, 0.1) is 5.56 Å². The number of nitrogens with one attached hydrogen (secondary N) is 3. The first kappa shape index (κ1) is 17.5. The summed E-state index contributed by atoms with van der Waals surface area (Å²) in [5.74, 6) is -1.02. The zero-order valence-electron chi connectivity index (χ0n) is 12.6. The fourth-order valence-corrected chi connectivity index (χ4v) is 2.81. The molecule has 0 saturated carbocycles. The summed E-state index contributed by atoms with van der Waals surface area (Å²) in [5, 5.41) is 8.72. The minimum atomic E-state index is -0.579. The van der Waals surface area contributed by atoms with Crippen LogP contribution in [0.4, 0.5) is 14.9 Å². The molecule has 6 nitrogen and oxygen atoms in total. The molecule has 1 atom stereocenters. The third kappa shape index (κ3) is 3.92. The van der Waals surface area contributed by atoms with Gasteiger partial charge in [0.1, 0.15) is 5.82 Å². The normalized spacial score (nSPS) is 20.7. The SMILES string of the molecule is Cl.O=C(NC1CCCNC1)c1cc(N2CCNC2=O)ccc1F. The van der Waals surface area contributed by atoms with Crippen LogP contribution in [0.25, 0.3) is 0 Å². The van der Waals surface area contributed by atoms with Crippen molar-refractivity contribution in [3.05, 3.63) is 29.6 Å². The van der Waals surface area contributed by atoms with E-state index in [9.17, 15) is 14.0 Å². The smallest absolute Gasteiger partial charge is 0.321 e. The second-order valence-electron chi connectivity index (χ2n) is 5.56. The van der Waals surface area contributed by atoms with Crippen LogP contribution < -0.4 is 20.9 Å². The van der Waals surface area contributed by atoms with Crippen molar-refractivity contribution in [1.82, 2.24) is 16.0 Å². The van der Waals surface area contributed by atoms with Crippen molar-refractivity contribution in [2.24, 2.45) is 0 Å². The second-order valence-corrected chi connectivity index (χ2v) is 5.56. The Kier molecular flexibility index (Phi) is 5.79. The minimum absolute atomic E-state index is 0. The molecular formula is C15H20ClFN4O2. The Morgan fingerprint density at radius 3 is 2.83 bits per heavy atom. The molecule has 3 rings (SSSR count). The second kappa shape index (κ2) is 7.61. The van der Waals surface area contributed by atoms with Gasteiger partial charge in [0.2, 0.25) is 0 Å². The summed E-state index contributed by atoms with van der Waals surface area (Å²) in [6.45, 7) is 2.70. The molecule has 1 aromatic carbocycles. The summed E-state index contributed by atoms with van der Waals surface area (Å²) in [6.07, 6.45) is 1.87. The first-order valence-electron chi connectivity index (χ1n) is 7.51. The van der Waals surface area contributed by atoms with Crippen molar-refractivity contribution in [2.75, 3.05) is 31.1 Å². The number of benzene rings is 1. The largest absolute Gasteiger partial charge is 0.348 e. The van der Waals surface area contributed by atoms with Crippen molar-refractivity contribution in [3.8, 4) is 0 Å². The number of carbonyl (C=O) groups is 2. The molecule has 2 saturated heterocycles. The topological polar surface area (TPSA) is 73.5 Å². The van der Waals surface area contributed by atoms with E-state index in [1.165, 1.54) is 23.1 Å². The Balaban J connectivity index is 0.00000192. The van der Waals surface area contributed by atoms with Crippen LogP contribution in [0.3, 0.4) is 0 Å². The molecule has 3 amide bonds. The van der Waals surface area contributed by atoms with Crippen molar-refractivity contribution < 1.29 is 14.0 Å². The van der Waals surface area contributed by atoms with Gasteiger partial charge in [0, 0.05) is 31.4 Å². The third-order valence-electron chi connectivity index (χ3n) is 4.00. The zero-order chi connectivity index (χ0) is 15.5. The van der Waals surface area contributed by atoms with Gasteiger partial charge in [0.15, 0.2) is 0 Å². The van der Waals surface area contributed by atoms with Crippen LogP contribution >= 0.6 is 12.4 Å². The maximum absolute atomic E-state index is 14.0. The molecule has 2 fully saturated rings. The monoisotopic (exact) mass is 342 g/mol. The lowest BCUT2D eigenvalue weighted by Crippen LogP contribution is -2.45. The Labute approximate surface area is 140 Å². The maximum atomic E-state index is 14.0. The number of hydrogen-bond donors (Lipinski definition) is 3. The van der Waals surface area contributed by atoms with Crippen LogP contribution in [0.1, 0.15) is 23.2 Å². The molecule has 3 N–H and O–H groups in total. The van der Waals surface area contributed by atoms with Crippen LogP contribution in [0.2, 0.25) is 0 Å². The molecule has 8 heteroatoms. The predicted octanol–water partition coefficient (Wildman–Crippen LogP) is 1.26. The Morgan fingerprint density at radius 2 is 2.17 bits per heavy atom. The lowest BCUT2D eigenvalue weighted by molar-refractivity contribution is 0.0926. The van der Waals surface area contributed by atoms with Gasteiger partial charge in [-0.1, -0.05) is 0 Å². The zero-order valence-corrected chi connectivity index (χ0v) is 13.4. The molecule has 2 heterocycles. The molecule has 0 aromatic heterocycles. The Bertz CT molecular complexity index is 593. The van der Waals surface area contributed by atoms with Crippen molar-refractivity contribution >= 4 is 30.0 Å². The number of rotatable bonds is 3. The minimum Gasteiger partial charge on any atom is -0.348 e. The first-order chi connectivity index (χ1) is 10.6. The molecule has 1 aromatic rings. The van der Waals surface area contributed by atoms with Crippen LogP contribution in [-0.2, 0) is 0 Å². The summed E-state index contributed by atoms with van der Waals surface area (Å²) in [5.41, 5.74) is 0.506. The third-order valence-corrected chi connectivity index (χ3v) is 4.00. The Hall–Kier alpha value is -1.86. The number of halogens is 2. The summed E-state index contributed by atoms with van der Waals surface area (Å²) in [6, 6.07) is 3.97. The van der Waals surface area contributed by atoms with Crippen LogP contribution in [0.15, 0.2) is 18.2 Å². The van der Waals surface area contributed by atoms with Gasteiger partial charge in [-0.25, -0.2) is 9.18 Å². The van der Waals surface area contributed by atoms with E-state index >= 15 is 0 Å². The van der Waals surface area contributed by atoms with E-state index in [0.29, 0.717) is 25.3 Å². The van der Waals surface area contributed by atoms with Gasteiger partial charge >= 0.3 is 6.03 Å². The highest BCUT2D eigenvalue weighted by molar-refractivity contribution is 5.98. The molecule has 126 valence electrons. The van der Waals surface area contributed by atoms with Gasteiger partial charge in [-0.15, -0.1) is 12.4 Å². The van der Waals surface area contributed by atoms with Crippen molar-refractivity contribution in [2.45, 2.75) is 18.9 Å². The number of hydrogen-bond acceptors (Lipinski definition) is 3. The highest BCUT2D eigenvalue weighted by Gasteiger charge is 2.24. The number of amides is 3. The first-order valence-corrected chi connectivity index (χ1v) is 7.51. The van der Waals surface area contributed by atoms with Crippen molar-refractivity contribution in [1.29, 1.82) is 0 Å². The lowest BCUT2D eigenvalue weighted by atomic mass is 10.1. The highest BCUT2D eigenvalue weighted by Crippen LogP contribution is 2.21. The average Bonchev–Trinajstić information content (AvgIpc) is 2.95. The molecule has 23 heavy (non-hydrogen) atoms. The van der Waals surface area contributed by atoms with E-state index in [2.05, 4.69) is 16.0 Å². The van der Waals surface area contributed by atoms with Gasteiger partial charge in [-0.2, -0.15) is 0 Å². The van der Waals surface area contributed by atoms with Gasteiger partial charge in [-0.05, 0) is 37.6 Å². The molecule has 2 aliphatic heterocycles. The van der Waals surface area contributed by atoms with E-state index in [1.807, 2.05) is 0 Å². The summed E-state index contributed by atoms with van der Waals surface area (Å²) in [4.78, 5) is 25.5. The number of nitrogens with zero attached hydrogens (tertiary/aromatic N) is 1. The van der Waals surface area contributed by atoms with Crippen LogP contribution in [0, 0.1) is 5.82 Å². The highest BCUT2D eigenvalue weighted by atomic mass is 35.5. The Morgan fingerprint density at radius 1 is 1.35 bits per heavy atom. The van der Waals surface area contributed by atoms with Crippen LogP contribution in [0.5, 0.6) is 0 Å². The van der Waals surface area contributed by atoms with E-state index in [-0.39, 0.29) is 30.0 Å². The fourth-order valence-electron chi connectivity index (χ4n) is 2.81. The van der Waals surface area contributed by atoms with Gasteiger partial charge in [0.25, 0.3) is 5.91 Å². The fraction of sp³-hybridized carbons (Fsp3) is 0.467. The van der Waals surface area contributed by atoms with Crippen molar-refractivity contribution in [3.63, 3.8) is 0 Å². The number of anilines is 1. The van der Waals surface area contributed by atoms with E-state index in [0.717, 1.165) is 19.4 Å². The summed E-state index contributed by atoms with van der Waals surface area (Å²) in [7, 11) is 0. The molecule has 0 radical (unpaired) electrons. The van der Waals surface area contributed by atoms with E-state index in [4.69, 9.17) is 0 Å². The standard InChI is InChI=1S/C15H19FN4O2.ClH/c16-13-4-3-11(20-7-6-18-15(20)22)8-12(13)14(21)19-10-2-1-5-17-9-10;/h3-4,8,10,17H,1-2,5-7,9H2,(H,18,22)(H,19,21);1H. The average molecular weight is 343 g/mol. The maximum Gasteiger partial charge on any atom is 0.321 e. The molecule has 2 aliphatic rings. The van der Waals surface area contributed by atoms with Crippen LogP contribution in [-0.4, -0.2) is 44.2 Å². The van der Waals surface area contributed by atoms with Gasteiger partial charge in [-0.3, -0.25) is 9.69 Å². The molecule has 0 aliphatic carbocycles.